The van der Waals surface area contributed by atoms with E-state index in [1.165, 1.54) is 13.8 Å². The SMILES string of the molecule is CC(=O)COCC(CN(C)C)C(C)COC(C)=O. The van der Waals surface area contributed by atoms with Gasteiger partial charge < -0.3 is 14.4 Å². The van der Waals surface area contributed by atoms with E-state index in [-0.39, 0.29) is 30.2 Å². The first-order chi connectivity index (χ1) is 8.32. The number of ketones is 1. The molecule has 0 radical (unpaired) electrons. The van der Waals surface area contributed by atoms with Crippen molar-refractivity contribution >= 4 is 11.8 Å². The summed E-state index contributed by atoms with van der Waals surface area (Å²) in [6, 6.07) is 0. The van der Waals surface area contributed by atoms with Gasteiger partial charge in [0.1, 0.15) is 6.61 Å². The van der Waals surface area contributed by atoms with E-state index in [0.29, 0.717) is 13.2 Å². The molecule has 0 bridgehead atoms. The summed E-state index contributed by atoms with van der Waals surface area (Å²) in [7, 11) is 3.97. The van der Waals surface area contributed by atoms with Crippen LogP contribution in [0.15, 0.2) is 0 Å². The molecule has 5 heteroatoms. The third kappa shape index (κ3) is 9.13. The minimum absolute atomic E-state index is 0.0197. The maximum atomic E-state index is 10.8. The lowest BCUT2D eigenvalue weighted by molar-refractivity contribution is -0.143. The molecule has 18 heavy (non-hydrogen) atoms. The second-order valence-corrected chi connectivity index (χ2v) is 5.02. The van der Waals surface area contributed by atoms with Crippen molar-refractivity contribution in [1.29, 1.82) is 0 Å². The molecule has 0 aromatic carbocycles. The molecule has 2 atom stereocenters. The molecule has 0 saturated heterocycles. The molecule has 0 N–H and O–H groups in total. The second-order valence-electron chi connectivity index (χ2n) is 5.02. The van der Waals surface area contributed by atoms with Crippen molar-refractivity contribution in [3.63, 3.8) is 0 Å². The Hall–Kier alpha value is -0.940. The highest BCUT2D eigenvalue weighted by atomic mass is 16.5. The Morgan fingerprint density at radius 1 is 1.17 bits per heavy atom. The Labute approximate surface area is 109 Å². The number of hydrogen-bond donors (Lipinski definition) is 0. The molecule has 0 heterocycles. The molecule has 0 rings (SSSR count). The number of carbonyl (C=O) groups excluding carboxylic acids is 2. The molecule has 0 aromatic rings. The lowest BCUT2D eigenvalue weighted by atomic mass is 9.95. The van der Waals surface area contributed by atoms with Crippen LogP contribution >= 0.6 is 0 Å². The van der Waals surface area contributed by atoms with E-state index < -0.39 is 0 Å². The van der Waals surface area contributed by atoms with Crippen molar-refractivity contribution in [1.82, 2.24) is 4.90 Å². The van der Waals surface area contributed by atoms with E-state index in [4.69, 9.17) is 9.47 Å². The fraction of sp³-hybridized carbons (Fsp3) is 0.846. The van der Waals surface area contributed by atoms with E-state index in [0.717, 1.165) is 6.54 Å². The Morgan fingerprint density at radius 2 is 1.78 bits per heavy atom. The van der Waals surface area contributed by atoms with E-state index >= 15 is 0 Å². The average Bonchev–Trinajstić information content (AvgIpc) is 2.23. The van der Waals surface area contributed by atoms with E-state index in [1.807, 2.05) is 21.0 Å². The Balaban J connectivity index is 4.18. The van der Waals surface area contributed by atoms with Crippen LogP contribution in [-0.4, -0.2) is 57.1 Å². The smallest absolute Gasteiger partial charge is 0.302 e. The number of nitrogens with zero attached hydrogens (tertiary/aromatic N) is 1. The molecule has 106 valence electrons. The predicted octanol–water partition coefficient (Wildman–Crippen LogP) is 0.969. The molecular weight excluding hydrogens is 234 g/mol. The van der Waals surface area contributed by atoms with Crippen LogP contribution < -0.4 is 0 Å². The van der Waals surface area contributed by atoms with Gasteiger partial charge in [0.2, 0.25) is 0 Å². The highest BCUT2D eigenvalue weighted by molar-refractivity contribution is 5.76. The minimum Gasteiger partial charge on any atom is -0.466 e. The number of ether oxygens (including phenoxy) is 2. The van der Waals surface area contributed by atoms with Gasteiger partial charge in [0.25, 0.3) is 0 Å². The fourth-order valence-electron chi connectivity index (χ4n) is 1.60. The molecule has 0 aliphatic heterocycles. The van der Waals surface area contributed by atoms with E-state index in [9.17, 15) is 9.59 Å². The first-order valence-corrected chi connectivity index (χ1v) is 6.18. The lowest BCUT2D eigenvalue weighted by Gasteiger charge is -2.26. The van der Waals surface area contributed by atoms with Crippen molar-refractivity contribution in [3.8, 4) is 0 Å². The fourth-order valence-corrected chi connectivity index (χ4v) is 1.60. The maximum absolute atomic E-state index is 10.8. The number of Topliss-reactive ketones (excluding diaryl/α,β-unsaturated/α-hetero) is 1. The van der Waals surface area contributed by atoms with Crippen LogP contribution in [-0.2, 0) is 19.1 Å². The van der Waals surface area contributed by atoms with Crippen LogP contribution in [0.3, 0.4) is 0 Å². The van der Waals surface area contributed by atoms with Crippen molar-refractivity contribution in [3.05, 3.63) is 0 Å². The van der Waals surface area contributed by atoms with Gasteiger partial charge in [-0.1, -0.05) is 6.92 Å². The zero-order chi connectivity index (χ0) is 14.1. The molecule has 0 spiro atoms. The lowest BCUT2D eigenvalue weighted by Crippen LogP contribution is -2.32. The normalized spacial score (nSPS) is 14.3. The van der Waals surface area contributed by atoms with Crippen molar-refractivity contribution in [2.24, 2.45) is 11.8 Å². The Morgan fingerprint density at radius 3 is 2.22 bits per heavy atom. The Kier molecular flexibility index (Phi) is 8.58. The van der Waals surface area contributed by atoms with Gasteiger partial charge in [-0.2, -0.15) is 0 Å². The number of rotatable bonds is 9. The highest BCUT2D eigenvalue weighted by Crippen LogP contribution is 2.14. The van der Waals surface area contributed by atoms with Crippen molar-refractivity contribution in [2.75, 3.05) is 40.5 Å². The van der Waals surface area contributed by atoms with Crippen molar-refractivity contribution in [2.45, 2.75) is 20.8 Å². The predicted molar refractivity (Wildman–Crippen MR) is 69.3 cm³/mol. The molecule has 0 amide bonds. The summed E-state index contributed by atoms with van der Waals surface area (Å²) in [5.41, 5.74) is 0. The third-order valence-corrected chi connectivity index (χ3v) is 2.59. The first kappa shape index (κ1) is 17.1. The summed E-state index contributed by atoms with van der Waals surface area (Å²) in [5.74, 6) is 0.184. The van der Waals surface area contributed by atoms with Gasteiger partial charge in [-0.25, -0.2) is 0 Å². The van der Waals surface area contributed by atoms with Gasteiger partial charge in [0, 0.05) is 19.4 Å². The molecule has 0 saturated carbocycles. The van der Waals surface area contributed by atoms with E-state index in [2.05, 4.69) is 4.90 Å². The summed E-state index contributed by atoms with van der Waals surface area (Å²) in [4.78, 5) is 23.7. The van der Waals surface area contributed by atoms with E-state index in [1.54, 1.807) is 0 Å². The molecule has 0 aliphatic carbocycles. The van der Waals surface area contributed by atoms with Crippen LogP contribution in [0.25, 0.3) is 0 Å². The molecule has 5 nitrogen and oxygen atoms in total. The maximum Gasteiger partial charge on any atom is 0.302 e. The van der Waals surface area contributed by atoms with Crippen molar-refractivity contribution < 1.29 is 19.1 Å². The van der Waals surface area contributed by atoms with Crippen LogP contribution in [0.1, 0.15) is 20.8 Å². The second kappa shape index (κ2) is 9.05. The standard InChI is InChI=1S/C13H25NO4/c1-10(7-18-12(3)16)13(6-14(4)5)9-17-8-11(2)15/h10,13H,6-9H2,1-5H3. The molecule has 2 unspecified atom stereocenters. The molecule has 0 aromatic heterocycles. The number of esters is 1. The third-order valence-electron chi connectivity index (χ3n) is 2.59. The van der Waals surface area contributed by atoms with Crippen LogP contribution in [0, 0.1) is 11.8 Å². The van der Waals surface area contributed by atoms with Crippen LogP contribution in [0.2, 0.25) is 0 Å². The average molecular weight is 259 g/mol. The van der Waals surface area contributed by atoms with Gasteiger partial charge >= 0.3 is 5.97 Å². The molecule has 0 aliphatic rings. The molecule has 0 fully saturated rings. The largest absolute Gasteiger partial charge is 0.466 e. The summed E-state index contributed by atoms with van der Waals surface area (Å²) in [6.07, 6.45) is 0. The summed E-state index contributed by atoms with van der Waals surface area (Å²) in [6.45, 7) is 6.79. The van der Waals surface area contributed by atoms with Gasteiger partial charge in [-0.05, 0) is 26.9 Å². The summed E-state index contributed by atoms with van der Waals surface area (Å²) >= 11 is 0. The van der Waals surface area contributed by atoms with Crippen LogP contribution in [0.4, 0.5) is 0 Å². The summed E-state index contributed by atoms with van der Waals surface area (Å²) < 4.78 is 10.4. The van der Waals surface area contributed by atoms with Gasteiger partial charge in [0.15, 0.2) is 5.78 Å². The zero-order valence-corrected chi connectivity index (χ0v) is 12.1. The number of hydrogen-bond acceptors (Lipinski definition) is 5. The number of carbonyl (C=O) groups is 2. The van der Waals surface area contributed by atoms with Gasteiger partial charge in [-0.3, -0.25) is 9.59 Å². The Bertz CT molecular complexity index is 266. The highest BCUT2D eigenvalue weighted by Gasteiger charge is 2.19. The minimum atomic E-state index is -0.268. The quantitative estimate of drug-likeness (QED) is 0.577. The van der Waals surface area contributed by atoms with Gasteiger partial charge in [0.05, 0.1) is 13.2 Å². The van der Waals surface area contributed by atoms with Gasteiger partial charge in [-0.15, -0.1) is 0 Å². The molecular formula is C13H25NO4. The zero-order valence-electron chi connectivity index (χ0n) is 12.1. The summed E-state index contributed by atoms with van der Waals surface area (Å²) in [5, 5.41) is 0. The monoisotopic (exact) mass is 259 g/mol. The van der Waals surface area contributed by atoms with Crippen LogP contribution in [0.5, 0.6) is 0 Å². The topological polar surface area (TPSA) is 55.8 Å². The first-order valence-electron chi connectivity index (χ1n) is 6.18.